The molecule has 0 aromatic heterocycles. The number of ether oxygens (including phenoxy) is 1. The third-order valence-electron chi connectivity index (χ3n) is 3.24. The molecule has 0 aromatic carbocycles. The van der Waals surface area contributed by atoms with Crippen LogP contribution in [0.5, 0.6) is 0 Å². The van der Waals surface area contributed by atoms with Gasteiger partial charge in [-0.2, -0.15) is 0 Å². The Labute approximate surface area is 128 Å². The molecule has 122 valence electrons. The monoisotopic (exact) mass is 311 g/mol. The zero-order chi connectivity index (χ0) is 16.9. The highest BCUT2D eigenvalue weighted by Crippen LogP contribution is 2.19. The van der Waals surface area contributed by atoms with E-state index in [0.29, 0.717) is 0 Å². The number of nitrogens with zero attached hydrogens (tertiary/aromatic N) is 1. The molecule has 1 heterocycles. The number of nitrogens with two attached hydrogens (primary N) is 1. The second-order valence-corrected chi connectivity index (χ2v) is 6.03. The molecule has 8 nitrogen and oxygen atoms in total. The summed E-state index contributed by atoms with van der Waals surface area (Å²) in [7, 11) is 0. The SMILES string of the molecule is CC(C)(C)C(COC(N)=O)NC(=O)CCN1C(=O)C=CC1=O. The minimum absolute atomic E-state index is 0.00401. The van der Waals surface area contributed by atoms with Gasteiger partial charge in [0.15, 0.2) is 0 Å². The molecule has 4 amide bonds. The number of hydrogen-bond acceptors (Lipinski definition) is 5. The molecule has 0 spiro atoms. The number of carbonyl (C=O) groups excluding carboxylic acids is 4. The molecule has 0 saturated carbocycles. The zero-order valence-corrected chi connectivity index (χ0v) is 12.9. The number of nitrogens with one attached hydrogen (secondary N) is 1. The number of carbonyl (C=O) groups is 4. The second kappa shape index (κ2) is 7.06. The van der Waals surface area contributed by atoms with Crippen molar-refractivity contribution in [3.05, 3.63) is 12.2 Å². The van der Waals surface area contributed by atoms with Crippen LogP contribution < -0.4 is 11.1 Å². The molecule has 1 unspecified atom stereocenters. The van der Waals surface area contributed by atoms with Gasteiger partial charge in [0, 0.05) is 25.1 Å². The van der Waals surface area contributed by atoms with E-state index in [-0.39, 0.29) is 30.9 Å². The number of amides is 4. The van der Waals surface area contributed by atoms with Crippen LogP contribution in [-0.2, 0) is 19.1 Å². The molecule has 1 aliphatic rings. The average molecular weight is 311 g/mol. The Morgan fingerprint density at radius 1 is 1.27 bits per heavy atom. The maximum absolute atomic E-state index is 12.0. The van der Waals surface area contributed by atoms with Crippen molar-refractivity contribution >= 4 is 23.8 Å². The van der Waals surface area contributed by atoms with Gasteiger partial charge < -0.3 is 15.8 Å². The van der Waals surface area contributed by atoms with Gasteiger partial charge in [0.05, 0.1) is 6.04 Å². The minimum atomic E-state index is -0.914. The second-order valence-electron chi connectivity index (χ2n) is 6.03. The smallest absolute Gasteiger partial charge is 0.404 e. The van der Waals surface area contributed by atoms with Gasteiger partial charge in [-0.25, -0.2) is 4.79 Å². The molecule has 0 radical (unpaired) electrons. The summed E-state index contributed by atoms with van der Waals surface area (Å²) in [6.45, 7) is 5.58. The number of imide groups is 1. The van der Waals surface area contributed by atoms with E-state index in [1.165, 1.54) is 12.2 Å². The standard InChI is InChI=1S/C14H21N3O5/c1-14(2,3)9(8-22-13(15)21)16-10(18)6-7-17-11(19)4-5-12(17)20/h4-5,9H,6-8H2,1-3H3,(H2,15,21)(H,16,18). The van der Waals surface area contributed by atoms with Crippen molar-refractivity contribution in [2.45, 2.75) is 33.2 Å². The van der Waals surface area contributed by atoms with Crippen LogP contribution >= 0.6 is 0 Å². The zero-order valence-electron chi connectivity index (χ0n) is 12.9. The highest BCUT2D eigenvalue weighted by atomic mass is 16.5. The summed E-state index contributed by atoms with van der Waals surface area (Å²) in [5, 5.41) is 2.72. The number of hydrogen-bond donors (Lipinski definition) is 2. The highest BCUT2D eigenvalue weighted by Gasteiger charge is 2.28. The lowest BCUT2D eigenvalue weighted by molar-refractivity contribution is -0.137. The summed E-state index contributed by atoms with van der Waals surface area (Å²) in [5.41, 5.74) is 4.57. The van der Waals surface area contributed by atoms with E-state index in [0.717, 1.165) is 4.90 Å². The maximum atomic E-state index is 12.0. The Hall–Kier alpha value is -2.38. The van der Waals surface area contributed by atoms with Crippen molar-refractivity contribution in [1.29, 1.82) is 0 Å². The van der Waals surface area contributed by atoms with E-state index < -0.39 is 23.9 Å². The predicted octanol–water partition coefficient (Wildman–Crippen LogP) is -0.0723. The molecular formula is C14H21N3O5. The van der Waals surface area contributed by atoms with Crippen LogP contribution in [0.2, 0.25) is 0 Å². The van der Waals surface area contributed by atoms with Gasteiger partial charge in [0.2, 0.25) is 5.91 Å². The molecule has 0 fully saturated rings. The summed E-state index contributed by atoms with van der Waals surface area (Å²) in [5.74, 6) is -1.20. The van der Waals surface area contributed by atoms with Gasteiger partial charge in [-0.05, 0) is 5.41 Å². The Kier molecular flexibility index (Phi) is 5.67. The Bertz CT molecular complexity index is 489. The summed E-state index contributed by atoms with van der Waals surface area (Å²) in [4.78, 5) is 46.4. The summed E-state index contributed by atoms with van der Waals surface area (Å²) in [6.07, 6.45) is 1.39. The first-order valence-electron chi connectivity index (χ1n) is 6.86. The van der Waals surface area contributed by atoms with Crippen LogP contribution in [0.15, 0.2) is 12.2 Å². The molecule has 0 aliphatic carbocycles. The summed E-state index contributed by atoms with van der Waals surface area (Å²) >= 11 is 0. The molecule has 3 N–H and O–H groups in total. The van der Waals surface area contributed by atoms with Crippen molar-refractivity contribution in [3.8, 4) is 0 Å². The van der Waals surface area contributed by atoms with Gasteiger partial charge in [-0.1, -0.05) is 20.8 Å². The molecule has 0 bridgehead atoms. The van der Waals surface area contributed by atoms with Crippen molar-refractivity contribution in [3.63, 3.8) is 0 Å². The average Bonchev–Trinajstić information content (AvgIpc) is 2.70. The van der Waals surface area contributed by atoms with Crippen molar-refractivity contribution < 1.29 is 23.9 Å². The summed E-state index contributed by atoms with van der Waals surface area (Å²) < 4.78 is 4.74. The van der Waals surface area contributed by atoms with Crippen molar-refractivity contribution in [2.75, 3.05) is 13.2 Å². The predicted molar refractivity (Wildman–Crippen MR) is 77.4 cm³/mol. The van der Waals surface area contributed by atoms with Gasteiger partial charge in [-0.3, -0.25) is 19.3 Å². The molecule has 0 aromatic rings. The third-order valence-corrected chi connectivity index (χ3v) is 3.24. The largest absolute Gasteiger partial charge is 0.448 e. The molecule has 1 aliphatic heterocycles. The van der Waals surface area contributed by atoms with E-state index in [1.54, 1.807) is 0 Å². The van der Waals surface area contributed by atoms with Crippen LogP contribution in [0.4, 0.5) is 4.79 Å². The minimum Gasteiger partial charge on any atom is -0.448 e. The fraction of sp³-hybridized carbons (Fsp3) is 0.571. The van der Waals surface area contributed by atoms with Crippen LogP contribution in [0, 0.1) is 5.41 Å². The lowest BCUT2D eigenvalue weighted by atomic mass is 9.87. The van der Waals surface area contributed by atoms with Crippen molar-refractivity contribution in [2.24, 2.45) is 11.1 Å². The molecule has 1 rings (SSSR count). The van der Waals surface area contributed by atoms with Crippen LogP contribution in [-0.4, -0.2) is 47.9 Å². The van der Waals surface area contributed by atoms with Gasteiger partial charge in [0.1, 0.15) is 6.61 Å². The number of primary amides is 1. The first-order valence-corrected chi connectivity index (χ1v) is 6.86. The molecular weight excluding hydrogens is 290 g/mol. The van der Waals surface area contributed by atoms with Crippen LogP contribution in [0.3, 0.4) is 0 Å². The Morgan fingerprint density at radius 3 is 2.27 bits per heavy atom. The van der Waals surface area contributed by atoms with Gasteiger partial charge in [-0.15, -0.1) is 0 Å². The molecule has 8 heteroatoms. The number of rotatable bonds is 6. The Balaban J connectivity index is 2.51. The quantitative estimate of drug-likeness (QED) is 0.665. The third kappa shape index (κ3) is 5.19. The van der Waals surface area contributed by atoms with Crippen LogP contribution in [0.1, 0.15) is 27.2 Å². The van der Waals surface area contributed by atoms with E-state index >= 15 is 0 Å². The first-order chi connectivity index (χ1) is 10.1. The lowest BCUT2D eigenvalue weighted by Gasteiger charge is -2.31. The lowest BCUT2D eigenvalue weighted by Crippen LogP contribution is -2.48. The van der Waals surface area contributed by atoms with E-state index in [4.69, 9.17) is 10.5 Å². The topological polar surface area (TPSA) is 119 Å². The maximum Gasteiger partial charge on any atom is 0.404 e. The highest BCUT2D eigenvalue weighted by molar-refractivity contribution is 6.13. The van der Waals surface area contributed by atoms with E-state index in [1.807, 2.05) is 20.8 Å². The summed E-state index contributed by atoms with van der Waals surface area (Å²) in [6, 6.07) is -0.435. The molecule has 1 atom stereocenters. The molecule has 22 heavy (non-hydrogen) atoms. The van der Waals surface area contributed by atoms with E-state index in [2.05, 4.69) is 5.32 Å². The first kappa shape index (κ1) is 17.7. The molecule has 0 saturated heterocycles. The Morgan fingerprint density at radius 2 is 1.82 bits per heavy atom. The van der Waals surface area contributed by atoms with E-state index in [9.17, 15) is 19.2 Å². The van der Waals surface area contributed by atoms with Crippen molar-refractivity contribution in [1.82, 2.24) is 10.2 Å². The van der Waals surface area contributed by atoms with Gasteiger partial charge in [0.25, 0.3) is 11.8 Å². The van der Waals surface area contributed by atoms with Crippen LogP contribution in [0.25, 0.3) is 0 Å². The fourth-order valence-corrected chi connectivity index (χ4v) is 1.81. The van der Waals surface area contributed by atoms with Gasteiger partial charge >= 0.3 is 6.09 Å². The fourth-order valence-electron chi connectivity index (χ4n) is 1.81. The normalized spacial score (nSPS) is 15.9.